The van der Waals surface area contributed by atoms with Gasteiger partial charge in [0, 0.05) is 23.1 Å². The van der Waals surface area contributed by atoms with Gasteiger partial charge in [-0.25, -0.2) is 8.42 Å². The second kappa shape index (κ2) is 13.7. The summed E-state index contributed by atoms with van der Waals surface area (Å²) in [5, 5.41) is 3.64. The first-order valence-corrected chi connectivity index (χ1v) is 15.6. The van der Waals surface area contributed by atoms with E-state index in [0.29, 0.717) is 27.8 Å². The zero-order valence-corrected chi connectivity index (χ0v) is 26.6. The van der Waals surface area contributed by atoms with Crippen LogP contribution >= 0.6 is 23.2 Å². The predicted molar refractivity (Wildman–Crippen MR) is 166 cm³/mol. The van der Waals surface area contributed by atoms with Crippen LogP contribution in [0.25, 0.3) is 0 Å². The van der Waals surface area contributed by atoms with E-state index in [4.69, 9.17) is 23.2 Å². The molecule has 0 aliphatic carbocycles. The van der Waals surface area contributed by atoms with Gasteiger partial charge in [0.15, 0.2) is 0 Å². The van der Waals surface area contributed by atoms with E-state index < -0.39 is 28.5 Å². The predicted octanol–water partition coefficient (Wildman–Crippen LogP) is 6.30. The van der Waals surface area contributed by atoms with Crippen LogP contribution in [0.3, 0.4) is 0 Å². The number of aryl methyl sites for hydroxylation is 2. The first kappa shape index (κ1) is 32.4. The highest BCUT2D eigenvalue weighted by Gasteiger charge is 2.33. The van der Waals surface area contributed by atoms with Gasteiger partial charge in [-0.3, -0.25) is 13.9 Å². The summed E-state index contributed by atoms with van der Waals surface area (Å²) in [6.45, 7) is 11.0. The van der Waals surface area contributed by atoms with Gasteiger partial charge >= 0.3 is 0 Å². The number of hydrogen-bond acceptors (Lipinski definition) is 4. The Hall–Kier alpha value is -3.07. The molecule has 1 N–H and O–H groups in total. The zero-order chi connectivity index (χ0) is 30.5. The average Bonchev–Trinajstić information content (AvgIpc) is 2.91. The molecule has 10 heteroatoms. The number of carbonyl (C=O) groups is 2. The fourth-order valence-electron chi connectivity index (χ4n) is 4.23. The van der Waals surface area contributed by atoms with E-state index in [1.54, 1.807) is 49.4 Å². The van der Waals surface area contributed by atoms with Crippen LogP contribution < -0.4 is 9.62 Å². The van der Waals surface area contributed by atoms with E-state index in [1.807, 2.05) is 40.7 Å². The first-order valence-electron chi connectivity index (χ1n) is 13.4. The molecule has 220 valence electrons. The molecule has 0 aliphatic rings. The van der Waals surface area contributed by atoms with Crippen molar-refractivity contribution >= 4 is 50.7 Å². The fraction of sp³-hybridized carbons (Fsp3) is 0.355. The molecule has 0 aromatic heterocycles. The van der Waals surface area contributed by atoms with E-state index in [0.717, 1.165) is 21.0 Å². The third-order valence-corrected chi connectivity index (χ3v) is 9.30. The minimum Gasteiger partial charge on any atom is -0.354 e. The smallest absolute Gasteiger partial charge is 0.264 e. The highest BCUT2D eigenvalue weighted by molar-refractivity contribution is 7.92. The van der Waals surface area contributed by atoms with Crippen LogP contribution in [0.5, 0.6) is 0 Å². The van der Waals surface area contributed by atoms with Crippen molar-refractivity contribution in [2.45, 2.75) is 59.0 Å². The van der Waals surface area contributed by atoms with Crippen LogP contribution in [0.15, 0.2) is 65.6 Å². The largest absolute Gasteiger partial charge is 0.354 e. The minimum absolute atomic E-state index is 0.0175. The van der Waals surface area contributed by atoms with Crippen molar-refractivity contribution < 1.29 is 18.0 Å². The molecule has 0 saturated heterocycles. The summed E-state index contributed by atoms with van der Waals surface area (Å²) in [6, 6.07) is 15.8. The number of hydrogen-bond donors (Lipinski definition) is 1. The maximum absolute atomic E-state index is 14.1. The van der Waals surface area contributed by atoms with E-state index in [1.165, 1.54) is 17.0 Å². The van der Waals surface area contributed by atoms with Crippen molar-refractivity contribution in [3.63, 3.8) is 0 Å². The summed E-state index contributed by atoms with van der Waals surface area (Å²) in [4.78, 5) is 28.6. The van der Waals surface area contributed by atoms with Gasteiger partial charge < -0.3 is 10.2 Å². The van der Waals surface area contributed by atoms with Gasteiger partial charge in [-0.2, -0.15) is 0 Å². The molecule has 0 aliphatic heterocycles. The van der Waals surface area contributed by atoms with Gasteiger partial charge in [-0.15, -0.1) is 0 Å². The highest BCUT2D eigenvalue weighted by Crippen LogP contribution is 2.30. The lowest BCUT2D eigenvalue weighted by molar-refractivity contribution is -0.139. The zero-order valence-electron chi connectivity index (χ0n) is 24.2. The SMILES string of the molecule is Cc1ccc(S(=O)(=O)N(CC(=O)N(Cc2ccc(Cl)cc2Cl)[C@H](C)C(=O)NCC(C)C)c2cccc(C)c2C)cc1. The Morgan fingerprint density at radius 2 is 1.59 bits per heavy atom. The molecule has 2 amide bonds. The first-order chi connectivity index (χ1) is 19.2. The van der Waals surface area contributed by atoms with Crippen molar-refractivity contribution in [3.05, 3.63) is 93.0 Å². The van der Waals surface area contributed by atoms with Crippen molar-refractivity contribution in [2.24, 2.45) is 5.92 Å². The van der Waals surface area contributed by atoms with Crippen LogP contribution in [-0.2, 0) is 26.2 Å². The topological polar surface area (TPSA) is 86.8 Å². The van der Waals surface area contributed by atoms with Gasteiger partial charge in [0.2, 0.25) is 11.8 Å². The third-order valence-electron chi connectivity index (χ3n) is 6.94. The standard InChI is InChI=1S/C31H37Cl2N3O4S/c1-20(2)17-34-31(38)24(6)35(18-25-12-13-26(32)16-28(25)33)30(37)19-36(29-9-7-8-22(4)23(29)5)41(39,40)27-14-10-21(3)11-15-27/h7-16,20,24H,17-19H2,1-6H3,(H,34,38)/t24-/m1/s1. The molecule has 0 fully saturated rings. The molecule has 0 radical (unpaired) electrons. The van der Waals surface area contributed by atoms with Crippen LogP contribution in [0, 0.1) is 26.7 Å². The Bertz CT molecular complexity index is 1510. The molecule has 3 aromatic rings. The summed E-state index contributed by atoms with van der Waals surface area (Å²) in [6.07, 6.45) is 0. The number of anilines is 1. The second-order valence-electron chi connectivity index (χ2n) is 10.6. The Morgan fingerprint density at radius 3 is 2.20 bits per heavy atom. The van der Waals surface area contributed by atoms with Crippen LogP contribution in [-0.4, -0.2) is 44.3 Å². The minimum atomic E-state index is -4.15. The van der Waals surface area contributed by atoms with Gasteiger partial charge in [-0.05, 0) is 80.6 Å². The quantitative estimate of drug-likeness (QED) is 0.273. The Morgan fingerprint density at radius 1 is 0.927 bits per heavy atom. The van der Waals surface area contributed by atoms with Crippen molar-refractivity contribution in [1.82, 2.24) is 10.2 Å². The molecule has 1 atom stereocenters. The summed E-state index contributed by atoms with van der Waals surface area (Å²) < 4.78 is 29.2. The third kappa shape index (κ3) is 8.03. The normalized spacial score (nSPS) is 12.2. The average molecular weight is 619 g/mol. The van der Waals surface area contributed by atoms with Gasteiger partial charge in [0.1, 0.15) is 12.6 Å². The molecule has 0 bridgehead atoms. The lowest BCUT2D eigenvalue weighted by atomic mass is 10.1. The van der Waals surface area contributed by atoms with Gasteiger partial charge in [0.05, 0.1) is 10.6 Å². The van der Waals surface area contributed by atoms with E-state index >= 15 is 0 Å². The number of carbonyl (C=O) groups excluding carboxylic acids is 2. The number of amides is 2. The van der Waals surface area contributed by atoms with E-state index in [9.17, 15) is 18.0 Å². The Kier molecular flexibility index (Phi) is 10.9. The maximum atomic E-state index is 14.1. The van der Waals surface area contributed by atoms with Crippen molar-refractivity contribution in [1.29, 1.82) is 0 Å². The summed E-state index contributed by atoms with van der Waals surface area (Å²) >= 11 is 12.5. The van der Waals surface area contributed by atoms with E-state index in [-0.39, 0.29) is 23.3 Å². The molecule has 3 aromatic carbocycles. The summed E-state index contributed by atoms with van der Waals surface area (Å²) in [5.74, 6) is -0.697. The molecule has 3 rings (SSSR count). The van der Waals surface area contributed by atoms with Crippen LogP contribution in [0.4, 0.5) is 5.69 Å². The second-order valence-corrected chi connectivity index (χ2v) is 13.3. The molecule has 41 heavy (non-hydrogen) atoms. The van der Waals surface area contributed by atoms with Crippen molar-refractivity contribution in [3.8, 4) is 0 Å². The lowest BCUT2D eigenvalue weighted by Crippen LogP contribution is -2.51. The molecule has 0 heterocycles. The number of sulfonamides is 1. The molecule has 7 nitrogen and oxygen atoms in total. The molecule has 0 unspecified atom stereocenters. The molecule has 0 saturated carbocycles. The number of halogens is 2. The number of benzene rings is 3. The fourth-order valence-corrected chi connectivity index (χ4v) is 6.16. The highest BCUT2D eigenvalue weighted by atomic mass is 35.5. The van der Waals surface area contributed by atoms with Gasteiger partial charge in [-0.1, -0.05) is 72.9 Å². The maximum Gasteiger partial charge on any atom is 0.264 e. The summed E-state index contributed by atoms with van der Waals surface area (Å²) in [5.41, 5.74) is 3.48. The summed E-state index contributed by atoms with van der Waals surface area (Å²) in [7, 11) is -4.15. The number of rotatable bonds is 11. The van der Waals surface area contributed by atoms with Crippen molar-refractivity contribution in [2.75, 3.05) is 17.4 Å². The molecular weight excluding hydrogens is 581 g/mol. The molecular formula is C31H37Cl2N3O4S. The Balaban J connectivity index is 2.08. The van der Waals surface area contributed by atoms with Crippen LogP contribution in [0.1, 0.15) is 43.0 Å². The number of nitrogens with zero attached hydrogens (tertiary/aromatic N) is 2. The Labute approximate surface area is 253 Å². The van der Waals surface area contributed by atoms with E-state index in [2.05, 4.69) is 5.32 Å². The van der Waals surface area contributed by atoms with Gasteiger partial charge in [0.25, 0.3) is 10.0 Å². The lowest BCUT2D eigenvalue weighted by Gasteiger charge is -2.33. The number of nitrogens with one attached hydrogen (secondary N) is 1. The molecule has 0 spiro atoms. The monoisotopic (exact) mass is 617 g/mol. The van der Waals surface area contributed by atoms with Crippen LogP contribution in [0.2, 0.25) is 10.0 Å².